The van der Waals surface area contributed by atoms with E-state index in [9.17, 15) is 27.1 Å². The van der Waals surface area contributed by atoms with Gasteiger partial charge in [0.25, 0.3) is 5.91 Å². The first-order chi connectivity index (χ1) is 16.1. The second kappa shape index (κ2) is 9.25. The zero-order chi connectivity index (χ0) is 24.5. The molecule has 0 bridgehead atoms. The van der Waals surface area contributed by atoms with Crippen LogP contribution in [0, 0.1) is 11.6 Å². The van der Waals surface area contributed by atoms with Crippen molar-refractivity contribution < 1.29 is 27.1 Å². The normalized spacial score (nSPS) is 23.4. The first-order valence-corrected chi connectivity index (χ1v) is 12.1. The lowest BCUT2D eigenvalue weighted by Crippen LogP contribution is -2.63. The molecule has 0 aromatic heterocycles. The van der Waals surface area contributed by atoms with Crippen LogP contribution in [0.3, 0.4) is 0 Å². The number of aliphatic hydroxyl groups is 1. The van der Waals surface area contributed by atoms with Crippen molar-refractivity contribution in [1.29, 1.82) is 0 Å². The molecule has 2 N–H and O–H groups in total. The average molecular weight is 487 g/mol. The standard InChI is InChI=1S/C25H24F2N2O4S/c1-25(31)14-15-29(34(32,33)21-9-5-8-20(27)16-21)22(17-6-3-2-4-7-17)23(25)28-24(30)18-10-12-19(26)13-11-18/h2-13,16,22-23,31H,14-15H2,1H3,(H,28,30)/t22-,23-,25+/m0/s1. The van der Waals surface area contributed by atoms with Crippen molar-refractivity contribution in [2.75, 3.05) is 6.54 Å². The number of rotatable bonds is 5. The maximum absolute atomic E-state index is 13.9. The maximum atomic E-state index is 13.9. The number of nitrogens with one attached hydrogen (secondary N) is 1. The first kappa shape index (κ1) is 24.0. The third-order valence-electron chi connectivity index (χ3n) is 6.07. The van der Waals surface area contributed by atoms with E-state index in [0.717, 1.165) is 24.3 Å². The van der Waals surface area contributed by atoms with Gasteiger partial charge in [0.05, 0.1) is 22.6 Å². The molecule has 1 fully saturated rings. The summed E-state index contributed by atoms with van der Waals surface area (Å²) in [6.45, 7) is 1.49. The summed E-state index contributed by atoms with van der Waals surface area (Å²) < 4.78 is 55.6. The predicted octanol–water partition coefficient (Wildman–Crippen LogP) is 3.65. The Bertz CT molecular complexity index is 1280. The van der Waals surface area contributed by atoms with Crippen molar-refractivity contribution in [3.05, 3.63) is 102 Å². The van der Waals surface area contributed by atoms with Gasteiger partial charge in [0.1, 0.15) is 11.6 Å². The molecule has 3 atom stereocenters. The molecular weight excluding hydrogens is 462 g/mol. The second-order valence-corrected chi connectivity index (χ2v) is 10.4. The molecule has 3 aromatic carbocycles. The largest absolute Gasteiger partial charge is 0.388 e. The van der Waals surface area contributed by atoms with Crippen LogP contribution < -0.4 is 5.32 Å². The molecule has 6 nitrogen and oxygen atoms in total. The summed E-state index contributed by atoms with van der Waals surface area (Å²) in [5.41, 5.74) is -0.759. The van der Waals surface area contributed by atoms with Crippen LogP contribution in [0.25, 0.3) is 0 Å². The lowest BCUT2D eigenvalue weighted by atomic mass is 9.81. The quantitative estimate of drug-likeness (QED) is 0.577. The molecule has 1 amide bonds. The highest BCUT2D eigenvalue weighted by atomic mass is 32.2. The SMILES string of the molecule is C[C@@]1(O)CCN(S(=O)(=O)c2cccc(F)c2)[C@@H](c2ccccc2)[C@@H]1NC(=O)c1ccc(F)cc1. The van der Waals surface area contributed by atoms with E-state index in [1.165, 1.54) is 35.5 Å². The smallest absolute Gasteiger partial charge is 0.251 e. The summed E-state index contributed by atoms with van der Waals surface area (Å²) in [5, 5.41) is 14.0. The van der Waals surface area contributed by atoms with Crippen molar-refractivity contribution in [2.45, 2.75) is 35.9 Å². The minimum atomic E-state index is -4.19. The van der Waals surface area contributed by atoms with Crippen LogP contribution >= 0.6 is 0 Å². The van der Waals surface area contributed by atoms with E-state index in [2.05, 4.69) is 5.32 Å². The van der Waals surface area contributed by atoms with Gasteiger partial charge < -0.3 is 10.4 Å². The topological polar surface area (TPSA) is 86.7 Å². The molecule has 1 saturated heterocycles. The highest BCUT2D eigenvalue weighted by Gasteiger charge is 2.50. The third kappa shape index (κ3) is 4.72. The Labute approximate surface area is 196 Å². The van der Waals surface area contributed by atoms with Crippen molar-refractivity contribution in [1.82, 2.24) is 9.62 Å². The van der Waals surface area contributed by atoms with Crippen molar-refractivity contribution in [2.24, 2.45) is 0 Å². The second-order valence-electron chi connectivity index (χ2n) is 8.49. The number of carbonyl (C=O) groups excluding carboxylic acids is 1. The Morgan fingerprint density at radius 1 is 1.00 bits per heavy atom. The van der Waals surface area contributed by atoms with Gasteiger partial charge in [-0.15, -0.1) is 0 Å². The van der Waals surface area contributed by atoms with Crippen LogP contribution in [0.1, 0.15) is 35.3 Å². The molecule has 9 heteroatoms. The Kier molecular flexibility index (Phi) is 6.53. The fraction of sp³-hybridized carbons (Fsp3) is 0.240. The Morgan fingerprint density at radius 2 is 1.68 bits per heavy atom. The number of nitrogens with zero attached hydrogens (tertiary/aromatic N) is 1. The molecule has 0 aliphatic carbocycles. The third-order valence-corrected chi connectivity index (χ3v) is 7.95. The number of hydrogen-bond acceptors (Lipinski definition) is 4. The summed E-state index contributed by atoms with van der Waals surface area (Å²) in [6.07, 6.45) is 0.0270. The Balaban J connectivity index is 1.79. The van der Waals surface area contributed by atoms with Gasteiger partial charge in [-0.3, -0.25) is 4.79 Å². The van der Waals surface area contributed by atoms with Crippen LogP contribution in [0.2, 0.25) is 0 Å². The summed E-state index contributed by atoms with van der Waals surface area (Å²) in [5.74, 6) is -1.78. The van der Waals surface area contributed by atoms with E-state index < -0.39 is 45.2 Å². The fourth-order valence-electron chi connectivity index (χ4n) is 4.24. The van der Waals surface area contributed by atoms with Crippen LogP contribution in [0.15, 0.2) is 83.8 Å². The zero-order valence-corrected chi connectivity index (χ0v) is 19.2. The van der Waals surface area contributed by atoms with Crippen LogP contribution in [0.4, 0.5) is 8.78 Å². The number of carbonyl (C=O) groups is 1. The van der Waals surface area contributed by atoms with E-state index >= 15 is 0 Å². The molecule has 3 aromatic rings. The maximum Gasteiger partial charge on any atom is 0.251 e. The van der Waals surface area contributed by atoms with Crippen LogP contribution in [0.5, 0.6) is 0 Å². The molecule has 4 rings (SSSR count). The fourth-order valence-corrected chi connectivity index (χ4v) is 5.90. The van der Waals surface area contributed by atoms with Crippen LogP contribution in [-0.2, 0) is 10.0 Å². The highest BCUT2D eigenvalue weighted by molar-refractivity contribution is 7.89. The van der Waals surface area contributed by atoms with Gasteiger partial charge in [-0.1, -0.05) is 36.4 Å². The number of halogens is 2. The minimum absolute atomic E-state index is 0.0270. The molecule has 0 saturated carbocycles. The predicted molar refractivity (Wildman–Crippen MR) is 122 cm³/mol. The minimum Gasteiger partial charge on any atom is -0.388 e. The lowest BCUT2D eigenvalue weighted by Gasteiger charge is -2.48. The molecular formula is C25H24F2N2O4S. The van der Waals surface area contributed by atoms with Gasteiger partial charge in [0, 0.05) is 12.1 Å². The molecule has 34 heavy (non-hydrogen) atoms. The van der Waals surface area contributed by atoms with Crippen molar-refractivity contribution >= 4 is 15.9 Å². The van der Waals surface area contributed by atoms with Gasteiger partial charge in [-0.2, -0.15) is 4.31 Å². The Hall–Kier alpha value is -3.14. The van der Waals surface area contributed by atoms with Crippen molar-refractivity contribution in [3.63, 3.8) is 0 Å². The lowest BCUT2D eigenvalue weighted by molar-refractivity contribution is -0.0418. The molecule has 1 heterocycles. The molecule has 178 valence electrons. The zero-order valence-electron chi connectivity index (χ0n) is 18.4. The Morgan fingerprint density at radius 3 is 2.32 bits per heavy atom. The molecule has 0 unspecified atom stereocenters. The number of hydrogen-bond donors (Lipinski definition) is 2. The number of piperidine rings is 1. The molecule has 0 radical (unpaired) electrons. The summed E-state index contributed by atoms with van der Waals surface area (Å²) in [7, 11) is -4.19. The van der Waals surface area contributed by atoms with Gasteiger partial charge in [0.15, 0.2) is 0 Å². The summed E-state index contributed by atoms with van der Waals surface area (Å²) in [6, 6.07) is 16.2. The molecule has 1 aliphatic rings. The van der Waals surface area contributed by atoms with Gasteiger partial charge in [-0.25, -0.2) is 17.2 Å². The van der Waals surface area contributed by atoms with Gasteiger partial charge in [-0.05, 0) is 61.4 Å². The van der Waals surface area contributed by atoms with Crippen molar-refractivity contribution in [3.8, 4) is 0 Å². The monoisotopic (exact) mass is 486 g/mol. The molecule has 1 aliphatic heterocycles. The van der Waals surface area contributed by atoms with E-state index in [1.54, 1.807) is 30.3 Å². The summed E-state index contributed by atoms with van der Waals surface area (Å²) >= 11 is 0. The van der Waals surface area contributed by atoms with E-state index in [-0.39, 0.29) is 23.4 Å². The first-order valence-electron chi connectivity index (χ1n) is 10.7. The number of sulfonamides is 1. The van der Waals surface area contributed by atoms with E-state index in [0.29, 0.717) is 5.56 Å². The summed E-state index contributed by atoms with van der Waals surface area (Å²) in [4.78, 5) is 12.8. The number of amides is 1. The highest BCUT2D eigenvalue weighted by Crippen LogP contribution is 2.40. The average Bonchev–Trinajstić information content (AvgIpc) is 2.81. The van der Waals surface area contributed by atoms with Gasteiger partial charge in [0.2, 0.25) is 10.0 Å². The van der Waals surface area contributed by atoms with Crippen LogP contribution in [-0.4, -0.2) is 41.9 Å². The van der Waals surface area contributed by atoms with Gasteiger partial charge >= 0.3 is 0 Å². The van der Waals surface area contributed by atoms with E-state index in [1.807, 2.05) is 0 Å². The molecule has 0 spiro atoms. The number of benzene rings is 3. The van der Waals surface area contributed by atoms with E-state index in [4.69, 9.17) is 0 Å².